The molecule has 3 heteroatoms. The van der Waals surface area contributed by atoms with Crippen molar-refractivity contribution in [3.8, 4) is 5.75 Å². The molecule has 0 saturated carbocycles. The van der Waals surface area contributed by atoms with Crippen LogP contribution in [-0.4, -0.2) is 16.0 Å². The lowest BCUT2D eigenvalue weighted by Gasteiger charge is -2.09. The highest BCUT2D eigenvalue weighted by Gasteiger charge is 2.16. The number of aromatic hydroxyl groups is 1. The van der Waals surface area contributed by atoms with E-state index in [1.54, 1.807) is 48.5 Å². The van der Waals surface area contributed by atoms with E-state index in [4.69, 9.17) is 5.11 Å². The molecule has 0 aliphatic rings. The fraction of sp³-hybridized carbons (Fsp3) is 0.188. The van der Waals surface area contributed by atoms with E-state index in [1.165, 1.54) is 0 Å². The molecule has 0 radical (unpaired) electrons. The monoisotopic (exact) mass is 256 g/mol. The van der Waals surface area contributed by atoms with Gasteiger partial charge >= 0.3 is 0 Å². The highest BCUT2D eigenvalue weighted by atomic mass is 16.3. The van der Waals surface area contributed by atoms with Crippen LogP contribution in [-0.2, 0) is 11.2 Å². The topological polar surface area (TPSA) is 57.5 Å². The number of aryl methyl sites for hydroxylation is 1. The lowest BCUT2D eigenvalue weighted by molar-refractivity contribution is -0.127. The van der Waals surface area contributed by atoms with Crippen LogP contribution in [0.1, 0.15) is 23.7 Å². The Balaban J connectivity index is 1.93. The number of aliphatic hydroxyl groups is 1. The molecule has 98 valence electrons. The summed E-state index contributed by atoms with van der Waals surface area (Å²) in [6.45, 7) is 0. The zero-order valence-electron chi connectivity index (χ0n) is 10.5. The average Bonchev–Trinajstić information content (AvgIpc) is 2.46. The number of carbonyl (C=O) groups is 1. The molecule has 0 saturated heterocycles. The number of phenolic OH excluding ortho intramolecular Hbond substituents is 1. The molecule has 1 unspecified atom stereocenters. The van der Waals surface area contributed by atoms with E-state index in [9.17, 15) is 9.90 Å². The molecule has 0 spiro atoms. The Morgan fingerprint density at radius 3 is 2.26 bits per heavy atom. The predicted molar refractivity (Wildman–Crippen MR) is 72.8 cm³/mol. The second-order valence-electron chi connectivity index (χ2n) is 4.45. The summed E-state index contributed by atoms with van der Waals surface area (Å²) < 4.78 is 0. The van der Waals surface area contributed by atoms with E-state index in [0.717, 1.165) is 5.56 Å². The number of hydrogen-bond donors (Lipinski definition) is 2. The SMILES string of the molecule is O=C(CCc1ccc(O)cc1)C(O)c1ccccc1. The fourth-order valence-electron chi connectivity index (χ4n) is 1.89. The van der Waals surface area contributed by atoms with Crippen molar-refractivity contribution >= 4 is 5.78 Å². The van der Waals surface area contributed by atoms with E-state index in [1.807, 2.05) is 6.07 Å². The fourth-order valence-corrected chi connectivity index (χ4v) is 1.89. The van der Waals surface area contributed by atoms with Crippen LogP contribution in [0.25, 0.3) is 0 Å². The number of benzene rings is 2. The van der Waals surface area contributed by atoms with Crippen molar-refractivity contribution in [2.75, 3.05) is 0 Å². The van der Waals surface area contributed by atoms with Crippen LogP contribution in [0.4, 0.5) is 0 Å². The molecule has 3 nitrogen and oxygen atoms in total. The van der Waals surface area contributed by atoms with E-state index in [-0.39, 0.29) is 18.0 Å². The standard InChI is InChI=1S/C16H16O3/c17-14-9-6-12(7-10-14)8-11-15(18)16(19)13-4-2-1-3-5-13/h1-7,9-10,16-17,19H,8,11H2. The van der Waals surface area contributed by atoms with Crippen molar-refractivity contribution in [1.29, 1.82) is 0 Å². The third kappa shape index (κ3) is 3.66. The first kappa shape index (κ1) is 13.3. The van der Waals surface area contributed by atoms with Gasteiger partial charge in [-0.25, -0.2) is 0 Å². The van der Waals surface area contributed by atoms with Gasteiger partial charge in [0.15, 0.2) is 5.78 Å². The number of aliphatic hydroxyl groups excluding tert-OH is 1. The van der Waals surface area contributed by atoms with Gasteiger partial charge in [-0.15, -0.1) is 0 Å². The number of Topliss-reactive ketones (excluding diaryl/α,β-unsaturated/α-hetero) is 1. The smallest absolute Gasteiger partial charge is 0.166 e. The summed E-state index contributed by atoms with van der Waals surface area (Å²) in [7, 11) is 0. The Morgan fingerprint density at radius 1 is 1.00 bits per heavy atom. The third-order valence-corrected chi connectivity index (χ3v) is 3.02. The second kappa shape index (κ2) is 6.16. The Hall–Kier alpha value is -2.13. The summed E-state index contributed by atoms with van der Waals surface area (Å²) in [4.78, 5) is 11.9. The van der Waals surface area contributed by atoms with Crippen LogP contribution in [0, 0.1) is 0 Å². The molecule has 0 amide bonds. The zero-order chi connectivity index (χ0) is 13.7. The Labute approximate surface area is 112 Å². The zero-order valence-corrected chi connectivity index (χ0v) is 10.5. The van der Waals surface area contributed by atoms with Crippen molar-refractivity contribution in [1.82, 2.24) is 0 Å². The number of rotatable bonds is 5. The maximum absolute atomic E-state index is 11.9. The van der Waals surface area contributed by atoms with Crippen molar-refractivity contribution < 1.29 is 15.0 Å². The number of phenols is 1. The maximum atomic E-state index is 11.9. The molecule has 0 aliphatic carbocycles. The van der Waals surface area contributed by atoms with E-state index in [0.29, 0.717) is 12.0 Å². The average molecular weight is 256 g/mol. The van der Waals surface area contributed by atoms with Gasteiger partial charge in [-0.1, -0.05) is 42.5 Å². The van der Waals surface area contributed by atoms with E-state index >= 15 is 0 Å². The van der Waals surface area contributed by atoms with Crippen LogP contribution < -0.4 is 0 Å². The lowest BCUT2D eigenvalue weighted by atomic mass is 10.00. The van der Waals surface area contributed by atoms with Crippen LogP contribution in [0.15, 0.2) is 54.6 Å². The molecule has 0 aromatic heterocycles. The molecule has 19 heavy (non-hydrogen) atoms. The highest BCUT2D eigenvalue weighted by Crippen LogP contribution is 2.17. The summed E-state index contributed by atoms with van der Waals surface area (Å²) in [6, 6.07) is 15.6. The first-order valence-electron chi connectivity index (χ1n) is 6.20. The Bertz CT molecular complexity index is 532. The van der Waals surface area contributed by atoms with E-state index in [2.05, 4.69) is 0 Å². The summed E-state index contributed by atoms with van der Waals surface area (Å²) in [5, 5.41) is 19.1. The summed E-state index contributed by atoms with van der Waals surface area (Å²) in [5.41, 5.74) is 1.59. The molecular weight excluding hydrogens is 240 g/mol. The normalized spacial score (nSPS) is 12.1. The molecule has 0 aliphatic heterocycles. The molecule has 2 N–H and O–H groups in total. The van der Waals surface area contributed by atoms with Crippen molar-refractivity contribution in [3.05, 3.63) is 65.7 Å². The van der Waals surface area contributed by atoms with Gasteiger partial charge in [-0.3, -0.25) is 4.79 Å². The molecule has 2 rings (SSSR count). The van der Waals surface area contributed by atoms with Crippen molar-refractivity contribution in [2.24, 2.45) is 0 Å². The number of ketones is 1. The van der Waals surface area contributed by atoms with Gasteiger partial charge in [0.1, 0.15) is 11.9 Å². The van der Waals surface area contributed by atoms with Crippen molar-refractivity contribution in [2.45, 2.75) is 18.9 Å². The predicted octanol–water partition coefficient (Wildman–Crippen LogP) is 2.63. The largest absolute Gasteiger partial charge is 0.508 e. The molecule has 0 bridgehead atoms. The summed E-state index contributed by atoms with van der Waals surface area (Å²) in [5.74, 6) is 0.0127. The first-order valence-corrected chi connectivity index (χ1v) is 6.20. The molecule has 2 aromatic carbocycles. The molecule has 1 atom stereocenters. The summed E-state index contributed by atoms with van der Waals surface area (Å²) in [6.07, 6.45) is -0.220. The Kier molecular flexibility index (Phi) is 4.31. The van der Waals surface area contributed by atoms with Crippen LogP contribution in [0.3, 0.4) is 0 Å². The number of hydrogen-bond acceptors (Lipinski definition) is 3. The van der Waals surface area contributed by atoms with Gasteiger partial charge in [-0.2, -0.15) is 0 Å². The van der Waals surface area contributed by atoms with Gasteiger partial charge in [0.25, 0.3) is 0 Å². The van der Waals surface area contributed by atoms with Gasteiger partial charge in [0.05, 0.1) is 0 Å². The van der Waals surface area contributed by atoms with Gasteiger partial charge in [0, 0.05) is 6.42 Å². The van der Waals surface area contributed by atoms with Crippen LogP contribution >= 0.6 is 0 Å². The molecule has 2 aromatic rings. The molecule has 0 heterocycles. The minimum Gasteiger partial charge on any atom is -0.508 e. The van der Waals surface area contributed by atoms with Crippen LogP contribution in [0.5, 0.6) is 5.75 Å². The molecular formula is C16H16O3. The lowest BCUT2D eigenvalue weighted by Crippen LogP contribution is -2.12. The minimum absolute atomic E-state index is 0.195. The Morgan fingerprint density at radius 2 is 1.63 bits per heavy atom. The first-order chi connectivity index (χ1) is 9.16. The molecule has 0 fully saturated rings. The number of carbonyl (C=O) groups excluding carboxylic acids is 1. The second-order valence-corrected chi connectivity index (χ2v) is 4.45. The van der Waals surface area contributed by atoms with Gasteiger partial charge < -0.3 is 10.2 Å². The quantitative estimate of drug-likeness (QED) is 0.864. The van der Waals surface area contributed by atoms with Gasteiger partial charge in [0.2, 0.25) is 0 Å². The van der Waals surface area contributed by atoms with Crippen molar-refractivity contribution in [3.63, 3.8) is 0 Å². The summed E-state index contributed by atoms with van der Waals surface area (Å²) >= 11 is 0. The van der Waals surface area contributed by atoms with Gasteiger partial charge in [-0.05, 0) is 29.7 Å². The third-order valence-electron chi connectivity index (χ3n) is 3.02. The highest BCUT2D eigenvalue weighted by molar-refractivity contribution is 5.84. The minimum atomic E-state index is -1.06. The van der Waals surface area contributed by atoms with Crippen LogP contribution in [0.2, 0.25) is 0 Å². The van der Waals surface area contributed by atoms with E-state index < -0.39 is 6.10 Å². The maximum Gasteiger partial charge on any atom is 0.166 e.